The van der Waals surface area contributed by atoms with Gasteiger partial charge in [0.05, 0.1) is 6.54 Å². The van der Waals surface area contributed by atoms with Gasteiger partial charge < -0.3 is 15.0 Å². The molecule has 3 aromatic rings. The first-order valence-electron chi connectivity index (χ1n) is 9.94. The maximum absolute atomic E-state index is 12.4. The Morgan fingerprint density at radius 3 is 2.47 bits per heavy atom. The van der Waals surface area contributed by atoms with Gasteiger partial charge in [0, 0.05) is 31.9 Å². The molecule has 0 aliphatic heterocycles. The largest absolute Gasteiger partial charge is 0.492 e. The van der Waals surface area contributed by atoms with E-state index in [0.29, 0.717) is 6.54 Å². The standard InChI is InChI=1S/C23H26N4O3/c1-26(19-9-4-2-5-10-19)16-8-15-24-23(29)21-13-14-22(28)27(25-21)17-18-30-20-11-6-3-7-12-20/h2-7,9-14H,8,15-18H2,1H3,(H,24,29). The number of aromatic nitrogens is 2. The minimum atomic E-state index is -0.296. The number of hydrogen-bond donors (Lipinski definition) is 1. The summed E-state index contributed by atoms with van der Waals surface area (Å²) in [6.07, 6.45) is 0.793. The van der Waals surface area contributed by atoms with Gasteiger partial charge in [0.25, 0.3) is 11.5 Å². The van der Waals surface area contributed by atoms with Crippen molar-refractivity contribution in [2.75, 3.05) is 31.6 Å². The van der Waals surface area contributed by atoms with Gasteiger partial charge in [0.15, 0.2) is 0 Å². The Labute approximate surface area is 175 Å². The predicted octanol–water partition coefficient (Wildman–Crippen LogP) is 2.58. The number of amides is 1. The Morgan fingerprint density at radius 1 is 1.03 bits per heavy atom. The summed E-state index contributed by atoms with van der Waals surface area (Å²) in [5, 5.41) is 7.03. The van der Waals surface area contributed by atoms with Gasteiger partial charge in [0.1, 0.15) is 18.1 Å². The number of para-hydroxylation sites is 2. The van der Waals surface area contributed by atoms with E-state index in [0.717, 1.165) is 24.4 Å². The number of ether oxygens (including phenoxy) is 1. The first-order chi connectivity index (χ1) is 14.6. The Hall–Kier alpha value is -3.61. The number of anilines is 1. The SMILES string of the molecule is CN(CCCNC(=O)c1ccc(=O)n(CCOc2ccccc2)n1)c1ccccc1. The second-order valence-corrected chi connectivity index (χ2v) is 6.81. The summed E-state index contributed by atoms with van der Waals surface area (Å²) in [4.78, 5) is 26.5. The molecule has 0 radical (unpaired) electrons. The smallest absolute Gasteiger partial charge is 0.271 e. The molecule has 0 spiro atoms. The van der Waals surface area contributed by atoms with Crippen LogP contribution in [-0.4, -0.2) is 42.4 Å². The molecule has 0 unspecified atom stereocenters. The maximum atomic E-state index is 12.4. The first-order valence-corrected chi connectivity index (χ1v) is 9.94. The van der Waals surface area contributed by atoms with Gasteiger partial charge in [-0.25, -0.2) is 4.68 Å². The van der Waals surface area contributed by atoms with Crippen LogP contribution in [0.2, 0.25) is 0 Å². The van der Waals surface area contributed by atoms with Crippen LogP contribution in [0.3, 0.4) is 0 Å². The van der Waals surface area contributed by atoms with Gasteiger partial charge in [-0.15, -0.1) is 0 Å². The van der Waals surface area contributed by atoms with Crippen LogP contribution in [0, 0.1) is 0 Å². The van der Waals surface area contributed by atoms with Crippen LogP contribution in [0.15, 0.2) is 77.6 Å². The zero-order valence-electron chi connectivity index (χ0n) is 17.0. The molecule has 0 fully saturated rings. The molecule has 7 nitrogen and oxygen atoms in total. The molecular weight excluding hydrogens is 380 g/mol. The lowest BCUT2D eigenvalue weighted by Gasteiger charge is -2.19. The minimum Gasteiger partial charge on any atom is -0.492 e. The minimum absolute atomic E-state index is 0.214. The lowest BCUT2D eigenvalue weighted by molar-refractivity contribution is 0.0945. The van der Waals surface area contributed by atoms with E-state index in [4.69, 9.17) is 4.74 Å². The van der Waals surface area contributed by atoms with E-state index < -0.39 is 0 Å². The van der Waals surface area contributed by atoms with Crippen LogP contribution in [0.5, 0.6) is 5.75 Å². The van der Waals surface area contributed by atoms with Crippen molar-refractivity contribution in [2.24, 2.45) is 0 Å². The normalized spacial score (nSPS) is 10.4. The van der Waals surface area contributed by atoms with Crippen molar-refractivity contribution in [1.29, 1.82) is 0 Å². The van der Waals surface area contributed by atoms with Crippen LogP contribution >= 0.6 is 0 Å². The first kappa shape index (κ1) is 21.1. The fraction of sp³-hybridized carbons (Fsp3) is 0.261. The van der Waals surface area contributed by atoms with Crippen molar-refractivity contribution in [1.82, 2.24) is 15.1 Å². The van der Waals surface area contributed by atoms with E-state index in [2.05, 4.69) is 15.3 Å². The second kappa shape index (κ2) is 10.8. The topological polar surface area (TPSA) is 76.5 Å². The van der Waals surface area contributed by atoms with Gasteiger partial charge >= 0.3 is 0 Å². The number of benzene rings is 2. The molecule has 3 rings (SSSR count). The van der Waals surface area contributed by atoms with Crippen LogP contribution in [0.25, 0.3) is 0 Å². The third kappa shape index (κ3) is 6.20. The molecule has 0 aliphatic carbocycles. The number of nitrogens with zero attached hydrogens (tertiary/aromatic N) is 3. The summed E-state index contributed by atoms with van der Waals surface area (Å²) in [5.41, 5.74) is 1.08. The Balaban J connectivity index is 1.46. The van der Waals surface area contributed by atoms with Crippen LogP contribution in [0.4, 0.5) is 5.69 Å². The van der Waals surface area contributed by atoms with Gasteiger partial charge in [-0.1, -0.05) is 36.4 Å². The molecule has 7 heteroatoms. The fourth-order valence-electron chi connectivity index (χ4n) is 2.92. The predicted molar refractivity (Wildman–Crippen MR) is 117 cm³/mol. The van der Waals surface area contributed by atoms with E-state index in [1.165, 1.54) is 16.8 Å². The van der Waals surface area contributed by atoms with Crippen LogP contribution < -0.4 is 20.5 Å². The summed E-state index contributed by atoms with van der Waals surface area (Å²) < 4.78 is 6.85. The lowest BCUT2D eigenvalue weighted by atomic mass is 10.3. The molecule has 156 valence electrons. The zero-order valence-corrected chi connectivity index (χ0v) is 17.0. The van der Waals surface area contributed by atoms with Gasteiger partial charge in [-0.2, -0.15) is 5.10 Å². The molecule has 1 aromatic heterocycles. The highest BCUT2D eigenvalue weighted by Gasteiger charge is 2.09. The van der Waals surface area contributed by atoms with Gasteiger partial charge in [-0.3, -0.25) is 9.59 Å². The van der Waals surface area contributed by atoms with E-state index in [-0.39, 0.29) is 30.3 Å². The Kier molecular flexibility index (Phi) is 7.60. The number of rotatable bonds is 10. The van der Waals surface area contributed by atoms with Crippen molar-refractivity contribution in [3.8, 4) is 5.75 Å². The lowest BCUT2D eigenvalue weighted by Crippen LogP contribution is -2.32. The molecule has 0 aliphatic rings. The van der Waals surface area contributed by atoms with Crippen molar-refractivity contribution in [2.45, 2.75) is 13.0 Å². The molecule has 1 heterocycles. The summed E-state index contributed by atoms with van der Waals surface area (Å²) >= 11 is 0. The van der Waals surface area contributed by atoms with Crippen LogP contribution in [0.1, 0.15) is 16.9 Å². The molecule has 0 saturated heterocycles. The number of carbonyl (C=O) groups excluding carboxylic acids is 1. The quantitative estimate of drug-likeness (QED) is 0.524. The van der Waals surface area contributed by atoms with E-state index in [1.807, 2.05) is 67.7 Å². The summed E-state index contributed by atoms with van der Waals surface area (Å²) in [5.74, 6) is 0.426. The second-order valence-electron chi connectivity index (χ2n) is 6.81. The molecule has 0 bridgehead atoms. The molecule has 1 amide bonds. The van der Waals surface area contributed by atoms with E-state index in [1.54, 1.807) is 0 Å². The highest BCUT2D eigenvalue weighted by molar-refractivity contribution is 5.91. The number of carbonyl (C=O) groups is 1. The molecule has 0 atom stereocenters. The van der Waals surface area contributed by atoms with Gasteiger partial charge in [0.2, 0.25) is 0 Å². The van der Waals surface area contributed by atoms with Crippen molar-refractivity contribution in [3.05, 3.63) is 88.8 Å². The Bertz CT molecular complexity index is 990. The highest BCUT2D eigenvalue weighted by Crippen LogP contribution is 2.10. The Morgan fingerprint density at radius 2 is 1.73 bits per heavy atom. The van der Waals surface area contributed by atoms with Crippen molar-refractivity contribution in [3.63, 3.8) is 0 Å². The van der Waals surface area contributed by atoms with Crippen LogP contribution in [-0.2, 0) is 6.54 Å². The highest BCUT2D eigenvalue weighted by atomic mass is 16.5. The zero-order chi connectivity index (χ0) is 21.2. The third-order valence-corrected chi connectivity index (χ3v) is 4.57. The van der Waals surface area contributed by atoms with Crippen molar-refractivity contribution < 1.29 is 9.53 Å². The molecule has 0 saturated carbocycles. The molecule has 30 heavy (non-hydrogen) atoms. The monoisotopic (exact) mass is 406 g/mol. The van der Waals surface area contributed by atoms with Gasteiger partial charge in [-0.05, 0) is 36.8 Å². The average molecular weight is 406 g/mol. The summed E-state index contributed by atoms with van der Waals surface area (Å²) in [7, 11) is 2.02. The summed E-state index contributed by atoms with van der Waals surface area (Å²) in [6, 6.07) is 22.2. The number of hydrogen-bond acceptors (Lipinski definition) is 5. The molecule has 1 N–H and O–H groups in total. The van der Waals surface area contributed by atoms with Crippen molar-refractivity contribution >= 4 is 11.6 Å². The fourth-order valence-corrected chi connectivity index (χ4v) is 2.92. The maximum Gasteiger partial charge on any atom is 0.271 e. The third-order valence-electron chi connectivity index (χ3n) is 4.57. The van der Waals surface area contributed by atoms with E-state index >= 15 is 0 Å². The number of nitrogens with one attached hydrogen (secondary N) is 1. The molecular formula is C23H26N4O3. The summed E-state index contributed by atoms with van der Waals surface area (Å²) in [6.45, 7) is 1.88. The molecule has 2 aromatic carbocycles. The average Bonchev–Trinajstić information content (AvgIpc) is 2.79. The van der Waals surface area contributed by atoms with E-state index in [9.17, 15) is 9.59 Å².